The summed E-state index contributed by atoms with van der Waals surface area (Å²) in [6, 6.07) is 11.7. The maximum absolute atomic E-state index is 10.3. The van der Waals surface area contributed by atoms with E-state index >= 15 is 0 Å². The van der Waals surface area contributed by atoms with Crippen molar-refractivity contribution in [2.75, 3.05) is 0 Å². The third kappa shape index (κ3) is 2.79. The van der Waals surface area contributed by atoms with Crippen LogP contribution in [-0.2, 0) is 12.8 Å². The number of benzene rings is 2. The smallest absolute Gasteiger partial charge is 0.165 e. The van der Waals surface area contributed by atoms with E-state index in [1.165, 1.54) is 0 Å². The third-order valence-corrected chi connectivity index (χ3v) is 3.58. The number of rotatable bonds is 5. The first-order valence-corrected chi connectivity index (χ1v) is 7.31. The molecule has 2 aromatic carbocycles. The van der Waals surface area contributed by atoms with Crippen LogP contribution in [0.5, 0.6) is 11.5 Å². The first-order chi connectivity index (χ1) is 9.69. The Morgan fingerprint density at radius 2 is 1.50 bits per heavy atom. The molecule has 0 amide bonds. The van der Waals surface area contributed by atoms with E-state index in [2.05, 4.69) is 13.8 Å². The number of aromatic hydroxyl groups is 2. The van der Waals surface area contributed by atoms with E-state index in [0.29, 0.717) is 5.56 Å². The van der Waals surface area contributed by atoms with Crippen molar-refractivity contribution in [3.63, 3.8) is 0 Å². The van der Waals surface area contributed by atoms with Gasteiger partial charge in [-0.3, -0.25) is 0 Å². The van der Waals surface area contributed by atoms with Crippen LogP contribution in [0.15, 0.2) is 36.4 Å². The molecule has 2 heteroatoms. The van der Waals surface area contributed by atoms with Crippen molar-refractivity contribution in [2.45, 2.75) is 39.5 Å². The van der Waals surface area contributed by atoms with Crippen molar-refractivity contribution in [3.05, 3.63) is 47.5 Å². The minimum Gasteiger partial charge on any atom is -0.504 e. The van der Waals surface area contributed by atoms with Crippen LogP contribution in [0.4, 0.5) is 0 Å². The van der Waals surface area contributed by atoms with Crippen molar-refractivity contribution in [3.8, 4) is 22.6 Å². The molecule has 0 saturated heterocycles. The minimum atomic E-state index is -0.000460. The van der Waals surface area contributed by atoms with Crippen molar-refractivity contribution in [1.29, 1.82) is 0 Å². The van der Waals surface area contributed by atoms with Crippen LogP contribution in [0.1, 0.15) is 37.8 Å². The molecule has 0 fully saturated rings. The molecule has 0 saturated carbocycles. The second-order valence-corrected chi connectivity index (χ2v) is 5.13. The molecule has 2 aromatic rings. The lowest BCUT2D eigenvalue weighted by Gasteiger charge is -2.16. The van der Waals surface area contributed by atoms with Crippen LogP contribution in [0.3, 0.4) is 0 Å². The summed E-state index contributed by atoms with van der Waals surface area (Å²) in [5.74, 6) is 0.0520. The lowest BCUT2D eigenvalue weighted by molar-refractivity contribution is 0.399. The maximum Gasteiger partial charge on any atom is 0.165 e. The average Bonchev–Trinajstić information content (AvgIpc) is 2.48. The largest absolute Gasteiger partial charge is 0.504 e. The second kappa shape index (κ2) is 6.47. The van der Waals surface area contributed by atoms with Crippen LogP contribution >= 0.6 is 0 Å². The number of hydrogen-bond acceptors (Lipinski definition) is 2. The SMILES string of the molecule is CCCc1cc(-c2ccccc2)c(O)c(O)c1CCC. The van der Waals surface area contributed by atoms with Gasteiger partial charge < -0.3 is 10.2 Å². The highest BCUT2D eigenvalue weighted by molar-refractivity contribution is 5.75. The fourth-order valence-electron chi connectivity index (χ4n) is 2.61. The van der Waals surface area contributed by atoms with Crippen molar-refractivity contribution in [1.82, 2.24) is 0 Å². The van der Waals surface area contributed by atoms with E-state index in [0.717, 1.165) is 42.4 Å². The van der Waals surface area contributed by atoms with Gasteiger partial charge in [-0.05, 0) is 30.0 Å². The summed E-state index contributed by atoms with van der Waals surface area (Å²) in [7, 11) is 0. The predicted molar refractivity (Wildman–Crippen MR) is 83.2 cm³/mol. The van der Waals surface area contributed by atoms with Crippen LogP contribution < -0.4 is 0 Å². The molecule has 2 N–H and O–H groups in total. The Bertz CT molecular complexity index is 574. The molecule has 0 aliphatic carbocycles. The quantitative estimate of drug-likeness (QED) is 0.775. The van der Waals surface area contributed by atoms with E-state index in [1.807, 2.05) is 36.4 Å². The van der Waals surface area contributed by atoms with Gasteiger partial charge in [0.2, 0.25) is 0 Å². The van der Waals surface area contributed by atoms with Gasteiger partial charge in [0.15, 0.2) is 11.5 Å². The number of hydrogen-bond donors (Lipinski definition) is 2. The summed E-state index contributed by atoms with van der Waals surface area (Å²) in [6.45, 7) is 4.21. The fraction of sp³-hybridized carbons (Fsp3) is 0.333. The zero-order valence-corrected chi connectivity index (χ0v) is 12.2. The second-order valence-electron chi connectivity index (χ2n) is 5.13. The molecule has 106 valence electrons. The van der Waals surface area contributed by atoms with Crippen LogP contribution in [-0.4, -0.2) is 10.2 Å². The lowest BCUT2D eigenvalue weighted by atomic mass is 9.92. The Morgan fingerprint density at radius 3 is 2.10 bits per heavy atom. The highest BCUT2D eigenvalue weighted by Crippen LogP contribution is 2.41. The molecule has 0 spiro atoms. The summed E-state index contributed by atoms with van der Waals surface area (Å²) in [5.41, 5.74) is 3.68. The first-order valence-electron chi connectivity index (χ1n) is 7.31. The molecule has 0 atom stereocenters. The van der Waals surface area contributed by atoms with E-state index < -0.39 is 0 Å². The van der Waals surface area contributed by atoms with Gasteiger partial charge in [0.1, 0.15) is 0 Å². The first kappa shape index (κ1) is 14.4. The normalized spacial score (nSPS) is 10.7. The molecular formula is C18H22O2. The van der Waals surface area contributed by atoms with Crippen molar-refractivity contribution < 1.29 is 10.2 Å². The average molecular weight is 270 g/mol. The molecular weight excluding hydrogens is 248 g/mol. The van der Waals surface area contributed by atoms with E-state index in [-0.39, 0.29) is 11.5 Å². The zero-order valence-electron chi connectivity index (χ0n) is 12.2. The number of aryl methyl sites for hydroxylation is 1. The Kier molecular flexibility index (Phi) is 4.67. The van der Waals surface area contributed by atoms with Crippen LogP contribution in [0, 0.1) is 0 Å². The molecule has 2 nitrogen and oxygen atoms in total. The van der Waals surface area contributed by atoms with Crippen LogP contribution in [0.2, 0.25) is 0 Å². The fourth-order valence-corrected chi connectivity index (χ4v) is 2.61. The van der Waals surface area contributed by atoms with Crippen molar-refractivity contribution >= 4 is 0 Å². The van der Waals surface area contributed by atoms with Gasteiger partial charge in [-0.1, -0.05) is 57.0 Å². The molecule has 0 aliphatic rings. The van der Waals surface area contributed by atoms with E-state index in [9.17, 15) is 10.2 Å². The summed E-state index contributed by atoms with van der Waals surface area (Å²) >= 11 is 0. The van der Waals surface area contributed by atoms with Gasteiger partial charge in [0.25, 0.3) is 0 Å². The topological polar surface area (TPSA) is 40.5 Å². The summed E-state index contributed by atoms with van der Waals surface area (Å²) in [5, 5.41) is 20.6. The number of phenolic OH excluding ortho intramolecular Hbond substituents is 2. The summed E-state index contributed by atoms with van der Waals surface area (Å²) in [6.07, 6.45) is 3.69. The maximum atomic E-state index is 10.3. The van der Waals surface area contributed by atoms with E-state index in [4.69, 9.17) is 0 Å². The minimum absolute atomic E-state index is 0.000460. The summed E-state index contributed by atoms with van der Waals surface area (Å²) < 4.78 is 0. The monoisotopic (exact) mass is 270 g/mol. The van der Waals surface area contributed by atoms with Gasteiger partial charge in [-0.15, -0.1) is 0 Å². The van der Waals surface area contributed by atoms with Crippen molar-refractivity contribution in [2.24, 2.45) is 0 Å². The number of phenols is 2. The lowest BCUT2D eigenvalue weighted by Crippen LogP contribution is -1.97. The van der Waals surface area contributed by atoms with Gasteiger partial charge in [-0.2, -0.15) is 0 Å². The van der Waals surface area contributed by atoms with Gasteiger partial charge in [0, 0.05) is 11.1 Å². The molecule has 0 heterocycles. The third-order valence-electron chi connectivity index (χ3n) is 3.58. The highest BCUT2D eigenvalue weighted by Gasteiger charge is 2.17. The molecule has 0 bridgehead atoms. The van der Waals surface area contributed by atoms with Gasteiger partial charge in [0.05, 0.1) is 0 Å². The molecule has 0 aliphatic heterocycles. The molecule has 0 unspecified atom stereocenters. The van der Waals surface area contributed by atoms with Gasteiger partial charge in [-0.25, -0.2) is 0 Å². The van der Waals surface area contributed by atoms with Gasteiger partial charge >= 0.3 is 0 Å². The highest BCUT2D eigenvalue weighted by atomic mass is 16.3. The molecule has 0 aromatic heterocycles. The standard InChI is InChI=1S/C18H22O2/c1-3-8-14-12-16(13-10-6-5-7-11-13)18(20)17(19)15(14)9-4-2/h5-7,10-12,19-20H,3-4,8-9H2,1-2H3. The Labute approximate surface area is 120 Å². The Balaban J connectivity index is 2.59. The Hall–Kier alpha value is -1.96. The molecule has 0 radical (unpaired) electrons. The molecule has 2 rings (SSSR count). The summed E-state index contributed by atoms with van der Waals surface area (Å²) in [4.78, 5) is 0. The molecule has 20 heavy (non-hydrogen) atoms. The van der Waals surface area contributed by atoms with E-state index in [1.54, 1.807) is 0 Å². The predicted octanol–water partition coefficient (Wildman–Crippen LogP) is 4.67. The zero-order chi connectivity index (χ0) is 14.5. The van der Waals surface area contributed by atoms with Crippen LogP contribution in [0.25, 0.3) is 11.1 Å². The Morgan fingerprint density at radius 1 is 0.850 bits per heavy atom.